The van der Waals surface area contributed by atoms with Gasteiger partial charge in [-0.25, -0.2) is 4.39 Å². The molecule has 0 aliphatic rings. The van der Waals surface area contributed by atoms with Crippen molar-refractivity contribution >= 4 is 0 Å². The molecule has 1 heteroatoms. The molecule has 0 rings (SSSR count). The fourth-order valence-electron chi connectivity index (χ4n) is 1.50. The summed E-state index contributed by atoms with van der Waals surface area (Å²) in [6.07, 6.45) is 11.5. The van der Waals surface area contributed by atoms with Crippen LogP contribution in [0.5, 0.6) is 0 Å². The summed E-state index contributed by atoms with van der Waals surface area (Å²) < 4.78 is 13.5. The topological polar surface area (TPSA) is 0 Å². The third-order valence-electron chi connectivity index (χ3n) is 2.23. The highest BCUT2D eigenvalue weighted by molar-refractivity contribution is 5.31. The summed E-state index contributed by atoms with van der Waals surface area (Å²) in [5, 5.41) is 0. The van der Waals surface area contributed by atoms with E-state index in [1.807, 2.05) is 31.2 Å². The molecule has 0 nitrogen and oxygen atoms in total. The number of rotatable bonds is 7. The maximum absolute atomic E-state index is 13.5. The zero-order chi connectivity index (χ0) is 12.4. The highest BCUT2D eigenvalue weighted by Crippen LogP contribution is 2.21. The van der Waals surface area contributed by atoms with Crippen LogP contribution in [0.1, 0.15) is 26.7 Å². The molecule has 0 radical (unpaired) electrons. The first-order valence-corrected chi connectivity index (χ1v) is 5.54. The molecule has 0 aromatic heterocycles. The molecule has 0 fully saturated rings. The second-order valence-electron chi connectivity index (χ2n) is 3.53. The van der Waals surface area contributed by atoms with Crippen LogP contribution >= 0.6 is 0 Å². The summed E-state index contributed by atoms with van der Waals surface area (Å²) in [7, 11) is 0. The zero-order valence-corrected chi connectivity index (χ0v) is 10.2. The van der Waals surface area contributed by atoms with E-state index < -0.39 is 6.17 Å². The van der Waals surface area contributed by atoms with Gasteiger partial charge in [0.15, 0.2) is 0 Å². The van der Waals surface area contributed by atoms with E-state index in [1.165, 1.54) is 0 Å². The van der Waals surface area contributed by atoms with Crippen molar-refractivity contribution < 1.29 is 4.39 Å². The van der Waals surface area contributed by atoms with Crippen LogP contribution in [0.3, 0.4) is 0 Å². The van der Waals surface area contributed by atoms with E-state index in [2.05, 4.69) is 13.2 Å². The predicted octanol–water partition coefficient (Wildman–Crippen LogP) is 4.93. The van der Waals surface area contributed by atoms with Gasteiger partial charge in [-0.05, 0) is 37.8 Å². The lowest BCUT2D eigenvalue weighted by molar-refractivity contribution is 0.404. The van der Waals surface area contributed by atoms with Crippen LogP contribution in [-0.4, -0.2) is 6.17 Å². The average molecular weight is 220 g/mol. The van der Waals surface area contributed by atoms with Crippen LogP contribution in [0, 0.1) is 0 Å². The molecule has 0 N–H and O–H groups in total. The quantitative estimate of drug-likeness (QED) is 0.422. The van der Waals surface area contributed by atoms with Gasteiger partial charge in [-0.1, -0.05) is 43.0 Å². The second-order valence-corrected chi connectivity index (χ2v) is 3.53. The summed E-state index contributed by atoms with van der Waals surface area (Å²) in [6, 6.07) is 0. The molecule has 1 unspecified atom stereocenters. The van der Waals surface area contributed by atoms with Crippen LogP contribution < -0.4 is 0 Å². The Bertz CT molecular complexity index is 303. The third-order valence-corrected chi connectivity index (χ3v) is 2.23. The highest BCUT2D eigenvalue weighted by atomic mass is 19.1. The van der Waals surface area contributed by atoms with Gasteiger partial charge in [0.25, 0.3) is 0 Å². The second kappa shape index (κ2) is 8.90. The Morgan fingerprint density at radius 2 is 2.00 bits per heavy atom. The Kier molecular flexibility index (Phi) is 8.14. The molecule has 0 heterocycles. The lowest BCUT2D eigenvalue weighted by Gasteiger charge is -2.11. The van der Waals surface area contributed by atoms with E-state index in [-0.39, 0.29) is 0 Å². The first-order chi connectivity index (χ1) is 7.67. The Morgan fingerprint density at radius 1 is 1.31 bits per heavy atom. The molecule has 16 heavy (non-hydrogen) atoms. The monoisotopic (exact) mass is 220 g/mol. The average Bonchev–Trinajstić information content (AvgIpc) is 2.24. The Balaban J connectivity index is 5.04. The zero-order valence-electron chi connectivity index (χ0n) is 10.2. The van der Waals surface area contributed by atoms with Crippen LogP contribution in [0.25, 0.3) is 0 Å². The lowest BCUT2D eigenvalue weighted by atomic mass is 9.98. The van der Waals surface area contributed by atoms with Crippen molar-refractivity contribution in [3.8, 4) is 0 Å². The molecular weight excluding hydrogens is 199 g/mol. The smallest absolute Gasteiger partial charge is 0.119 e. The van der Waals surface area contributed by atoms with Gasteiger partial charge >= 0.3 is 0 Å². The summed E-state index contributed by atoms with van der Waals surface area (Å²) in [6.45, 7) is 10.8. The Labute approximate surface area is 98.6 Å². The summed E-state index contributed by atoms with van der Waals surface area (Å²) in [5.74, 6) is 0. The van der Waals surface area contributed by atoms with E-state index in [9.17, 15) is 4.39 Å². The molecule has 0 amide bonds. The molecule has 0 saturated heterocycles. The normalized spacial score (nSPS) is 15.2. The molecule has 0 aliphatic carbocycles. The van der Waals surface area contributed by atoms with Crippen molar-refractivity contribution in [3.63, 3.8) is 0 Å². The molecule has 0 spiro atoms. The maximum Gasteiger partial charge on any atom is 0.119 e. The van der Waals surface area contributed by atoms with Crippen molar-refractivity contribution in [2.45, 2.75) is 32.9 Å². The van der Waals surface area contributed by atoms with Crippen LogP contribution in [-0.2, 0) is 0 Å². The standard InChI is InChI=1S/C15H21F/c1-5-8-9-12-15(13(4)16)14(10-6-2)11-7-3/h5-9,11,13H,1-2,10,12H2,3-4H3/b9-8-,11-7-,15-14+. The van der Waals surface area contributed by atoms with Crippen LogP contribution in [0.15, 0.2) is 60.8 Å². The molecule has 0 aromatic carbocycles. The summed E-state index contributed by atoms with van der Waals surface area (Å²) >= 11 is 0. The molecule has 0 bridgehead atoms. The minimum atomic E-state index is -0.930. The van der Waals surface area contributed by atoms with E-state index in [1.54, 1.807) is 19.1 Å². The van der Waals surface area contributed by atoms with Gasteiger partial charge in [0, 0.05) is 0 Å². The fraction of sp³-hybridized carbons (Fsp3) is 0.333. The Hall–Kier alpha value is -1.37. The van der Waals surface area contributed by atoms with Crippen molar-refractivity contribution in [2.24, 2.45) is 0 Å². The van der Waals surface area contributed by atoms with Crippen LogP contribution in [0.4, 0.5) is 4.39 Å². The van der Waals surface area contributed by atoms with Gasteiger partial charge in [0.1, 0.15) is 6.17 Å². The number of alkyl halides is 1. The van der Waals surface area contributed by atoms with Gasteiger partial charge in [-0.2, -0.15) is 0 Å². The third kappa shape index (κ3) is 5.50. The van der Waals surface area contributed by atoms with E-state index >= 15 is 0 Å². The number of hydrogen-bond acceptors (Lipinski definition) is 0. The Morgan fingerprint density at radius 3 is 2.44 bits per heavy atom. The summed E-state index contributed by atoms with van der Waals surface area (Å²) in [5.41, 5.74) is 1.83. The lowest BCUT2D eigenvalue weighted by Crippen LogP contribution is -2.01. The number of allylic oxidation sites excluding steroid dienone is 8. The van der Waals surface area contributed by atoms with Crippen molar-refractivity contribution in [1.82, 2.24) is 0 Å². The van der Waals surface area contributed by atoms with E-state index in [0.29, 0.717) is 12.8 Å². The SMILES string of the molecule is C=C/C=C\C/C(=C(\C=C/C)CC=C)C(C)F. The van der Waals surface area contributed by atoms with E-state index in [4.69, 9.17) is 0 Å². The van der Waals surface area contributed by atoms with Gasteiger partial charge in [0.2, 0.25) is 0 Å². The van der Waals surface area contributed by atoms with Crippen LogP contribution in [0.2, 0.25) is 0 Å². The largest absolute Gasteiger partial charge is 0.243 e. The molecule has 1 atom stereocenters. The van der Waals surface area contributed by atoms with Gasteiger partial charge in [-0.3, -0.25) is 0 Å². The van der Waals surface area contributed by atoms with Gasteiger partial charge in [-0.15, -0.1) is 6.58 Å². The van der Waals surface area contributed by atoms with Gasteiger partial charge in [0.05, 0.1) is 0 Å². The highest BCUT2D eigenvalue weighted by Gasteiger charge is 2.09. The predicted molar refractivity (Wildman–Crippen MR) is 71.2 cm³/mol. The fourth-order valence-corrected chi connectivity index (χ4v) is 1.50. The molecule has 0 aliphatic heterocycles. The maximum atomic E-state index is 13.5. The minimum absolute atomic E-state index is 0.622. The molecular formula is C15H21F. The van der Waals surface area contributed by atoms with Crippen molar-refractivity contribution in [3.05, 3.63) is 60.8 Å². The molecule has 0 aromatic rings. The molecule has 88 valence electrons. The van der Waals surface area contributed by atoms with E-state index in [0.717, 1.165) is 11.1 Å². The first-order valence-electron chi connectivity index (χ1n) is 5.54. The summed E-state index contributed by atoms with van der Waals surface area (Å²) in [4.78, 5) is 0. The number of hydrogen-bond donors (Lipinski definition) is 0. The van der Waals surface area contributed by atoms with Gasteiger partial charge < -0.3 is 0 Å². The number of halogens is 1. The first kappa shape index (κ1) is 14.6. The van der Waals surface area contributed by atoms with Crippen molar-refractivity contribution in [1.29, 1.82) is 0 Å². The minimum Gasteiger partial charge on any atom is -0.243 e. The van der Waals surface area contributed by atoms with Crippen molar-refractivity contribution in [2.75, 3.05) is 0 Å². The molecule has 0 saturated carbocycles.